The SMILES string of the molecule is CC(C)(c1ccc[cH-]1)c1ccc[cH-]1.[Cl][Zr+2][Cl]. The van der Waals surface area contributed by atoms with E-state index in [1.807, 2.05) is 0 Å². The molecular formula is C13H14Cl2Zr. The van der Waals surface area contributed by atoms with Crippen LogP contribution in [-0.2, 0) is 26.3 Å². The van der Waals surface area contributed by atoms with Gasteiger partial charge in [0.25, 0.3) is 0 Å². The van der Waals surface area contributed by atoms with Gasteiger partial charge in [0.2, 0.25) is 0 Å². The van der Waals surface area contributed by atoms with Crippen LogP contribution < -0.4 is 0 Å². The minimum absolute atomic E-state index is 0.146. The zero-order chi connectivity index (χ0) is 12.0. The predicted molar refractivity (Wildman–Crippen MR) is 67.9 cm³/mol. The van der Waals surface area contributed by atoms with Crippen LogP contribution in [0.2, 0.25) is 0 Å². The average molecular weight is 332 g/mol. The second kappa shape index (κ2) is 6.79. The first-order valence-corrected chi connectivity index (χ1v) is 11.4. The summed E-state index contributed by atoms with van der Waals surface area (Å²) in [5.74, 6) is 0. The van der Waals surface area contributed by atoms with E-state index in [1.165, 1.54) is 11.1 Å². The van der Waals surface area contributed by atoms with Crippen molar-refractivity contribution in [1.29, 1.82) is 0 Å². The first-order valence-electron chi connectivity index (χ1n) is 5.03. The summed E-state index contributed by atoms with van der Waals surface area (Å²) in [5.41, 5.74) is 2.92. The molecule has 0 saturated heterocycles. The van der Waals surface area contributed by atoms with Gasteiger partial charge in [-0.05, 0) is 5.41 Å². The molecule has 0 radical (unpaired) electrons. The molecule has 0 fully saturated rings. The van der Waals surface area contributed by atoms with E-state index < -0.39 is 20.8 Å². The minimum atomic E-state index is -0.826. The number of hydrogen-bond donors (Lipinski definition) is 0. The summed E-state index contributed by atoms with van der Waals surface area (Å²) in [5, 5.41) is 0. The Bertz CT molecular complexity index is 338. The van der Waals surface area contributed by atoms with Crippen LogP contribution in [0.4, 0.5) is 0 Å². The van der Waals surface area contributed by atoms with Crippen LogP contribution in [-0.4, -0.2) is 0 Å². The molecule has 0 aliphatic heterocycles. The molecular weight excluding hydrogens is 318 g/mol. The Morgan fingerprint density at radius 3 is 1.62 bits per heavy atom. The second-order valence-electron chi connectivity index (χ2n) is 4.04. The molecule has 0 atom stereocenters. The Hall–Kier alpha value is 0.163. The molecule has 0 unspecified atom stereocenters. The molecule has 16 heavy (non-hydrogen) atoms. The third kappa shape index (κ3) is 3.59. The number of halogens is 2. The van der Waals surface area contributed by atoms with E-state index in [1.54, 1.807) is 0 Å². The molecule has 0 heterocycles. The van der Waals surface area contributed by atoms with Crippen LogP contribution in [0.15, 0.2) is 48.5 Å². The summed E-state index contributed by atoms with van der Waals surface area (Å²) >= 11 is -0.826. The van der Waals surface area contributed by atoms with E-state index in [0.29, 0.717) is 0 Å². The van der Waals surface area contributed by atoms with Crippen molar-refractivity contribution in [3.8, 4) is 0 Å². The molecule has 0 N–H and O–H groups in total. The van der Waals surface area contributed by atoms with Crippen molar-refractivity contribution in [2.45, 2.75) is 19.3 Å². The quantitative estimate of drug-likeness (QED) is 0.691. The Kier molecular flexibility index (Phi) is 6.04. The van der Waals surface area contributed by atoms with Crippen LogP contribution in [0.25, 0.3) is 0 Å². The van der Waals surface area contributed by atoms with Gasteiger partial charge in [-0.3, -0.25) is 0 Å². The molecule has 2 aromatic rings. The molecule has 0 saturated carbocycles. The number of rotatable bonds is 2. The van der Waals surface area contributed by atoms with Crippen LogP contribution in [0.5, 0.6) is 0 Å². The summed E-state index contributed by atoms with van der Waals surface area (Å²) in [6, 6.07) is 17.1. The molecule has 0 aliphatic carbocycles. The molecule has 2 aromatic carbocycles. The number of hydrogen-bond acceptors (Lipinski definition) is 0. The predicted octanol–water partition coefficient (Wildman–Crippen LogP) is 4.83. The molecule has 84 valence electrons. The van der Waals surface area contributed by atoms with E-state index in [9.17, 15) is 0 Å². The summed E-state index contributed by atoms with van der Waals surface area (Å²) in [4.78, 5) is 0. The fourth-order valence-corrected chi connectivity index (χ4v) is 1.75. The molecule has 0 aliphatic rings. The van der Waals surface area contributed by atoms with E-state index in [0.717, 1.165) is 0 Å². The van der Waals surface area contributed by atoms with Gasteiger partial charge in [0, 0.05) is 0 Å². The van der Waals surface area contributed by atoms with Gasteiger partial charge in [0.15, 0.2) is 0 Å². The first kappa shape index (κ1) is 14.2. The molecule has 2 rings (SSSR count). The van der Waals surface area contributed by atoms with Crippen molar-refractivity contribution in [3.05, 3.63) is 59.7 Å². The van der Waals surface area contributed by atoms with Gasteiger partial charge in [-0.25, -0.2) is 24.3 Å². The fourth-order valence-electron chi connectivity index (χ4n) is 1.75. The Balaban J connectivity index is 0.000000386. The zero-order valence-corrected chi connectivity index (χ0v) is 13.3. The van der Waals surface area contributed by atoms with E-state index in [4.69, 9.17) is 17.0 Å². The monoisotopic (exact) mass is 330 g/mol. The Morgan fingerprint density at radius 1 is 1.00 bits per heavy atom. The van der Waals surface area contributed by atoms with Gasteiger partial charge in [-0.1, -0.05) is 13.8 Å². The van der Waals surface area contributed by atoms with Crippen molar-refractivity contribution >= 4 is 17.0 Å². The normalized spacial score (nSPS) is 10.2. The van der Waals surface area contributed by atoms with Gasteiger partial charge < -0.3 is 0 Å². The average Bonchev–Trinajstić information content (AvgIpc) is 2.93. The molecule has 0 aromatic heterocycles. The summed E-state index contributed by atoms with van der Waals surface area (Å²) in [6.07, 6.45) is 0. The van der Waals surface area contributed by atoms with Gasteiger partial charge in [0.1, 0.15) is 0 Å². The second-order valence-corrected chi connectivity index (χ2v) is 7.78. The Labute approximate surface area is 116 Å². The van der Waals surface area contributed by atoms with Crippen LogP contribution in [0.3, 0.4) is 0 Å². The van der Waals surface area contributed by atoms with Crippen molar-refractivity contribution < 1.29 is 20.8 Å². The Morgan fingerprint density at radius 2 is 1.38 bits per heavy atom. The molecule has 0 spiro atoms. The van der Waals surface area contributed by atoms with E-state index >= 15 is 0 Å². The van der Waals surface area contributed by atoms with Gasteiger partial charge in [-0.2, -0.15) is 35.4 Å². The summed E-state index contributed by atoms with van der Waals surface area (Å²) < 4.78 is 0. The standard InChI is InChI=1S/C13H14.2ClH.Zr/c1-13(2,11-7-3-4-8-11)12-9-5-6-10-12;;;/h3-10H,1-2H3;2*1H;/q-2;;;+4/p-2. The van der Waals surface area contributed by atoms with Crippen LogP contribution in [0, 0.1) is 0 Å². The first-order chi connectivity index (χ1) is 7.62. The summed E-state index contributed by atoms with van der Waals surface area (Å²) in [7, 11) is 9.87. The van der Waals surface area contributed by atoms with Crippen LogP contribution in [0.1, 0.15) is 25.0 Å². The van der Waals surface area contributed by atoms with E-state index in [2.05, 4.69) is 62.4 Å². The molecule has 3 heteroatoms. The van der Waals surface area contributed by atoms with Gasteiger partial charge >= 0.3 is 37.9 Å². The fraction of sp³-hybridized carbons (Fsp3) is 0.231. The maximum atomic E-state index is 4.93. The van der Waals surface area contributed by atoms with Crippen molar-refractivity contribution in [2.75, 3.05) is 0 Å². The topological polar surface area (TPSA) is 0 Å². The van der Waals surface area contributed by atoms with Crippen molar-refractivity contribution in [3.63, 3.8) is 0 Å². The molecule has 0 bridgehead atoms. The van der Waals surface area contributed by atoms with E-state index in [-0.39, 0.29) is 5.41 Å². The van der Waals surface area contributed by atoms with Gasteiger partial charge in [0.05, 0.1) is 0 Å². The van der Waals surface area contributed by atoms with Crippen LogP contribution >= 0.6 is 17.0 Å². The van der Waals surface area contributed by atoms with Crippen molar-refractivity contribution in [2.24, 2.45) is 0 Å². The molecule has 0 amide bonds. The van der Waals surface area contributed by atoms with Gasteiger partial charge in [-0.15, -0.1) is 0 Å². The zero-order valence-electron chi connectivity index (χ0n) is 9.37. The molecule has 0 nitrogen and oxygen atoms in total. The summed E-state index contributed by atoms with van der Waals surface area (Å²) in [6.45, 7) is 4.52. The third-order valence-corrected chi connectivity index (χ3v) is 2.77. The third-order valence-electron chi connectivity index (χ3n) is 2.77. The van der Waals surface area contributed by atoms with Crippen molar-refractivity contribution in [1.82, 2.24) is 0 Å². The maximum absolute atomic E-state index is 4.93.